The van der Waals surface area contributed by atoms with E-state index in [0.29, 0.717) is 5.69 Å². The zero-order chi connectivity index (χ0) is 19.7. The summed E-state index contributed by atoms with van der Waals surface area (Å²) in [5.41, 5.74) is 13.1. The molecule has 1 amide bonds. The number of amides is 1. The number of aromatic nitrogens is 3. The number of fused-ring (bicyclic) bond motifs is 1. The van der Waals surface area contributed by atoms with E-state index in [1.165, 1.54) is 0 Å². The molecule has 2 atom stereocenters. The summed E-state index contributed by atoms with van der Waals surface area (Å²) in [5.74, 6) is -1.16. The van der Waals surface area contributed by atoms with Gasteiger partial charge < -0.3 is 22.1 Å². The predicted octanol–water partition coefficient (Wildman–Crippen LogP) is 2.62. The average Bonchev–Trinajstić information content (AvgIpc) is 3.13. The Morgan fingerprint density at radius 1 is 1.21 bits per heavy atom. The average molecular weight is 383 g/mol. The van der Waals surface area contributed by atoms with Gasteiger partial charge in [0, 0.05) is 23.2 Å². The van der Waals surface area contributed by atoms with Crippen LogP contribution in [0, 0.1) is 5.82 Å². The van der Waals surface area contributed by atoms with Gasteiger partial charge in [-0.3, -0.25) is 9.89 Å². The SMILES string of the molecule is NC(=O)c1cc(F)c(N[C@@H]2CCCCC2N)nc1Nc1ccc2[nH]ncc2c1. The molecular formula is C19H22FN7O. The van der Waals surface area contributed by atoms with Crippen LogP contribution in [0.15, 0.2) is 30.5 Å². The van der Waals surface area contributed by atoms with E-state index in [2.05, 4.69) is 25.8 Å². The van der Waals surface area contributed by atoms with E-state index in [1.807, 2.05) is 12.1 Å². The van der Waals surface area contributed by atoms with E-state index >= 15 is 0 Å². The van der Waals surface area contributed by atoms with Gasteiger partial charge in [-0.25, -0.2) is 9.37 Å². The van der Waals surface area contributed by atoms with Gasteiger partial charge in [0.25, 0.3) is 5.91 Å². The summed E-state index contributed by atoms with van der Waals surface area (Å²) in [4.78, 5) is 16.1. The lowest BCUT2D eigenvalue weighted by Gasteiger charge is -2.30. The summed E-state index contributed by atoms with van der Waals surface area (Å²) in [6.07, 6.45) is 5.51. The highest BCUT2D eigenvalue weighted by molar-refractivity contribution is 5.99. The Balaban J connectivity index is 1.66. The maximum Gasteiger partial charge on any atom is 0.252 e. The molecule has 2 aromatic heterocycles. The first-order valence-corrected chi connectivity index (χ1v) is 9.24. The van der Waals surface area contributed by atoms with E-state index in [0.717, 1.165) is 42.7 Å². The number of carbonyl (C=O) groups excluding carboxylic acids is 1. The maximum atomic E-state index is 14.6. The van der Waals surface area contributed by atoms with Gasteiger partial charge in [-0.15, -0.1) is 0 Å². The van der Waals surface area contributed by atoms with Crippen LogP contribution in [0.25, 0.3) is 10.9 Å². The first kappa shape index (κ1) is 18.2. The van der Waals surface area contributed by atoms with Gasteiger partial charge in [0.2, 0.25) is 0 Å². The number of rotatable bonds is 5. The lowest BCUT2D eigenvalue weighted by Crippen LogP contribution is -2.43. The van der Waals surface area contributed by atoms with Crippen LogP contribution in [-0.2, 0) is 0 Å². The smallest absolute Gasteiger partial charge is 0.252 e. The fourth-order valence-electron chi connectivity index (χ4n) is 3.54. The fraction of sp³-hybridized carbons (Fsp3) is 0.316. The number of nitrogens with one attached hydrogen (secondary N) is 3. The molecule has 1 fully saturated rings. The van der Waals surface area contributed by atoms with Crippen molar-refractivity contribution < 1.29 is 9.18 Å². The maximum absolute atomic E-state index is 14.6. The Bertz CT molecular complexity index is 1020. The number of nitrogens with zero attached hydrogens (tertiary/aromatic N) is 2. The van der Waals surface area contributed by atoms with Crippen LogP contribution in [0.3, 0.4) is 0 Å². The number of halogens is 1. The van der Waals surface area contributed by atoms with Gasteiger partial charge in [0.05, 0.1) is 17.3 Å². The molecule has 1 aliphatic carbocycles. The molecule has 28 heavy (non-hydrogen) atoms. The van der Waals surface area contributed by atoms with Crippen LogP contribution >= 0.6 is 0 Å². The summed E-state index contributed by atoms with van der Waals surface area (Å²) in [6, 6.07) is 6.47. The van der Waals surface area contributed by atoms with E-state index < -0.39 is 11.7 Å². The molecule has 1 aliphatic rings. The van der Waals surface area contributed by atoms with Gasteiger partial charge in [-0.1, -0.05) is 12.8 Å². The van der Waals surface area contributed by atoms with Crippen molar-refractivity contribution in [2.75, 3.05) is 10.6 Å². The van der Waals surface area contributed by atoms with Crippen LogP contribution < -0.4 is 22.1 Å². The molecule has 9 heteroatoms. The molecule has 0 bridgehead atoms. The van der Waals surface area contributed by atoms with Crippen LogP contribution in [0.4, 0.5) is 21.7 Å². The monoisotopic (exact) mass is 383 g/mol. The quantitative estimate of drug-likeness (QED) is 0.460. The number of pyridine rings is 1. The van der Waals surface area contributed by atoms with Crippen molar-refractivity contribution in [3.05, 3.63) is 41.8 Å². The Morgan fingerprint density at radius 3 is 2.82 bits per heavy atom. The number of nitrogens with two attached hydrogens (primary N) is 2. The fourth-order valence-corrected chi connectivity index (χ4v) is 3.54. The lowest BCUT2D eigenvalue weighted by atomic mass is 9.91. The Hall–Kier alpha value is -3.20. The molecule has 0 saturated heterocycles. The summed E-state index contributed by atoms with van der Waals surface area (Å²) in [5, 5.41) is 13.9. The van der Waals surface area contributed by atoms with Gasteiger partial charge in [0.15, 0.2) is 11.6 Å². The number of anilines is 3. The lowest BCUT2D eigenvalue weighted by molar-refractivity contribution is 0.100. The number of carbonyl (C=O) groups is 1. The molecule has 3 aromatic rings. The third-order valence-corrected chi connectivity index (χ3v) is 5.09. The summed E-state index contributed by atoms with van der Waals surface area (Å²) >= 11 is 0. The van der Waals surface area contributed by atoms with Crippen molar-refractivity contribution in [3.63, 3.8) is 0 Å². The number of H-pyrrole nitrogens is 1. The number of primary amides is 1. The second-order valence-corrected chi connectivity index (χ2v) is 7.08. The first-order chi connectivity index (χ1) is 13.5. The second kappa shape index (κ2) is 7.43. The molecule has 4 rings (SSSR count). The highest BCUT2D eigenvalue weighted by Gasteiger charge is 2.24. The molecule has 1 unspecified atom stereocenters. The van der Waals surface area contributed by atoms with Gasteiger partial charge in [-0.2, -0.15) is 5.10 Å². The molecule has 146 valence electrons. The first-order valence-electron chi connectivity index (χ1n) is 9.24. The van der Waals surface area contributed by atoms with Crippen LogP contribution in [0.2, 0.25) is 0 Å². The molecule has 1 saturated carbocycles. The van der Waals surface area contributed by atoms with Crippen molar-refractivity contribution in [2.45, 2.75) is 37.8 Å². The Kier molecular flexibility index (Phi) is 4.82. The van der Waals surface area contributed by atoms with Crippen molar-refractivity contribution in [1.29, 1.82) is 0 Å². The highest BCUT2D eigenvalue weighted by Crippen LogP contribution is 2.27. The van der Waals surface area contributed by atoms with E-state index in [9.17, 15) is 9.18 Å². The number of hydrogen-bond donors (Lipinski definition) is 5. The molecule has 2 heterocycles. The molecule has 7 N–H and O–H groups in total. The van der Waals surface area contributed by atoms with E-state index in [-0.39, 0.29) is 29.3 Å². The number of aromatic amines is 1. The Morgan fingerprint density at radius 2 is 2.04 bits per heavy atom. The van der Waals surface area contributed by atoms with E-state index in [4.69, 9.17) is 11.5 Å². The molecular weight excluding hydrogens is 361 g/mol. The van der Waals surface area contributed by atoms with Gasteiger partial charge in [-0.05, 0) is 37.1 Å². The minimum absolute atomic E-state index is 0.0247. The molecule has 1 aromatic carbocycles. The Labute approximate surface area is 160 Å². The third-order valence-electron chi connectivity index (χ3n) is 5.09. The number of benzene rings is 1. The van der Waals surface area contributed by atoms with Crippen molar-refractivity contribution in [3.8, 4) is 0 Å². The minimum Gasteiger partial charge on any atom is -0.365 e. The van der Waals surface area contributed by atoms with Crippen molar-refractivity contribution in [1.82, 2.24) is 15.2 Å². The normalized spacial score (nSPS) is 19.5. The highest BCUT2D eigenvalue weighted by atomic mass is 19.1. The minimum atomic E-state index is -0.765. The summed E-state index contributed by atoms with van der Waals surface area (Å²) in [7, 11) is 0. The molecule has 0 spiro atoms. The summed E-state index contributed by atoms with van der Waals surface area (Å²) in [6.45, 7) is 0. The van der Waals surface area contributed by atoms with Gasteiger partial charge >= 0.3 is 0 Å². The van der Waals surface area contributed by atoms with Crippen LogP contribution in [0.1, 0.15) is 36.0 Å². The van der Waals surface area contributed by atoms with Crippen LogP contribution in [0.5, 0.6) is 0 Å². The molecule has 0 radical (unpaired) electrons. The zero-order valence-electron chi connectivity index (χ0n) is 15.2. The van der Waals surface area contributed by atoms with Crippen molar-refractivity contribution >= 4 is 34.1 Å². The van der Waals surface area contributed by atoms with Crippen LogP contribution in [-0.4, -0.2) is 33.2 Å². The zero-order valence-corrected chi connectivity index (χ0v) is 15.2. The predicted molar refractivity (Wildman–Crippen MR) is 106 cm³/mol. The summed E-state index contributed by atoms with van der Waals surface area (Å²) < 4.78 is 14.6. The van der Waals surface area contributed by atoms with Gasteiger partial charge in [0.1, 0.15) is 5.82 Å². The molecule has 0 aliphatic heterocycles. The van der Waals surface area contributed by atoms with E-state index in [1.54, 1.807) is 12.3 Å². The second-order valence-electron chi connectivity index (χ2n) is 7.08. The standard InChI is InChI=1S/C19H22FN7O/c20-13-8-12(17(22)28)18(24-11-5-6-15-10(7-11)9-23-27-15)26-19(13)25-16-4-2-1-3-14(16)21/h5-9,14,16H,1-4,21H2,(H2,22,28)(H,23,27)(H2,24,25,26)/t14?,16-/m1/s1. The number of hydrogen-bond acceptors (Lipinski definition) is 6. The third kappa shape index (κ3) is 3.61. The van der Waals surface area contributed by atoms with Crippen molar-refractivity contribution in [2.24, 2.45) is 11.5 Å². The topological polar surface area (TPSA) is 135 Å². The molecule has 8 nitrogen and oxygen atoms in total. The largest absolute Gasteiger partial charge is 0.365 e.